The van der Waals surface area contributed by atoms with E-state index in [1.165, 1.54) is 18.3 Å². The highest BCUT2D eigenvalue weighted by atomic mass is 32.1. The lowest BCUT2D eigenvalue weighted by molar-refractivity contribution is -0.132. The van der Waals surface area contributed by atoms with Crippen LogP contribution in [0.15, 0.2) is 54.6 Å². The molecule has 3 amide bonds. The lowest BCUT2D eigenvalue weighted by Gasteiger charge is -2.25. The standard InChI is InChI=1S/C29H38N10O4S/c1-17(40)36-21(13-8-16-35-29(32)33)25(42)39-23(18-9-3-2-4-10-18)26(43)37-20(12-7-15-34-28(30)31)24(41)27-38-19-11-5-6-14-22(19)44-27/h2-6,9-11,14,20-21,23H,7-8,12-13,15-16H2,1H3,(H,36,40)(H,37,43)(H,39,42)(H4,30,31,34)(H4,32,33,35)/t20-,21+,23-/m0/s1. The zero-order valence-electron chi connectivity index (χ0n) is 24.3. The number of aromatic nitrogens is 1. The van der Waals surface area contributed by atoms with Gasteiger partial charge in [0.1, 0.15) is 12.1 Å². The molecular formula is C29H38N10O4S. The van der Waals surface area contributed by atoms with E-state index in [0.717, 1.165) is 4.70 Å². The van der Waals surface area contributed by atoms with Gasteiger partial charge in [-0.05, 0) is 43.4 Å². The van der Waals surface area contributed by atoms with Gasteiger partial charge in [0, 0.05) is 20.0 Å². The Hall–Kier alpha value is -5.05. The molecule has 0 fully saturated rings. The number of hydrogen-bond acceptors (Lipinski definition) is 8. The Morgan fingerprint density at radius 2 is 1.39 bits per heavy atom. The normalized spacial score (nSPS) is 12.8. The van der Waals surface area contributed by atoms with Gasteiger partial charge in [0.25, 0.3) is 0 Å². The molecule has 14 nitrogen and oxygen atoms in total. The van der Waals surface area contributed by atoms with Gasteiger partial charge in [0.05, 0.1) is 16.3 Å². The van der Waals surface area contributed by atoms with Crippen LogP contribution in [0.4, 0.5) is 0 Å². The maximum atomic E-state index is 13.8. The molecule has 0 saturated carbocycles. The second-order valence-electron chi connectivity index (χ2n) is 9.98. The first-order valence-corrected chi connectivity index (χ1v) is 14.8. The Kier molecular flexibility index (Phi) is 12.6. The molecule has 3 atom stereocenters. The van der Waals surface area contributed by atoms with Crippen LogP contribution in [0.1, 0.15) is 54.0 Å². The number of Topliss-reactive ketones (excluding diaryl/α,β-unsaturated/α-hetero) is 1. The van der Waals surface area contributed by atoms with E-state index in [0.29, 0.717) is 37.0 Å². The van der Waals surface area contributed by atoms with Crippen molar-refractivity contribution in [1.29, 1.82) is 10.8 Å². The van der Waals surface area contributed by atoms with Gasteiger partial charge in [-0.25, -0.2) is 4.98 Å². The average molecular weight is 623 g/mol. The number of para-hydroxylation sites is 1. The quantitative estimate of drug-likeness (QED) is 0.0475. The number of rotatable bonds is 16. The Morgan fingerprint density at radius 3 is 1.98 bits per heavy atom. The number of benzene rings is 2. The van der Waals surface area contributed by atoms with Gasteiger partial charge in [-0.3, -0.25) is 30.0 Å². The third-order valence-electron chi connectivity index (χ3n) is 6.48. The molecule has 234 valence electrons. The molecule has 0 saturated heterocycles. The van der Waals surface area contributed by atoms with E-state index in [1.54, 1.807) is 36.4 Å². The van der Waals surface area contributed by atoms with Crippen molar-refractivity contribution in [3.63, 3.8) is 0 Å². The molecule has 1 aromatic heterocycles. The molecule has 2 aromatic carbocycles. The molecule has 0 aliphatic rings. The number of ketones is 1. The second-order valence-corrected chi connectivity index (χ2v) is 11.0. The topological polar surface area (TPSA) is 241 Å². The lowest BCUT2D eigenvalue weighted by Crippen LogP contribution is -2.52. The number of fused-ring (bicyclic) bond motifs is 1. The van der Waals surface area contributed by atoms with Crippen LogP contribution in [0.25, 0.3) is 10.2 Å². The molecule has 44 heavy (non-hydrogen) atoms. The summed E-state index contributed by atoms with van der Waals surface area (Å²) in [5, 5.41) is 28.4. The molecule has 0 radical (unpaired) electrons. The number of guanidine groups is 2. The summed E-state index contributed by atoms with van der Waals surface area (Å²) in [5.41, 5.74) is 11.8. The fraction of sp³-hybridized carbons (Fsp3) is 0.345. The highest BCUT2D eigenvalue weighted by molar-refractivity contribution is 7.20. The zero-order chi connectivity index (χ0) is 32.1. The van der Waals surface area contributed by atoms with Crippen LogP contribution in [-0.4, -0.2) is 65.6 Å². The van der Waals surface area contributed by atoms with Crippen molar-refractivity contribution in [3.05, 3.63) is 65.2 Å². The largest absolute Gasteiger partial charge is 0.370 e. The number of nitrogens with two attached hydrogens (primary N) is 2. The summed E-state index contributed by atoms with van der Waals surface area (Å²) in [5.74, 6) is -2.44. The summed E-state index contributed by atoms with van der Waals surface area (Å²) < 4.78 is 0.830. The van der Waals surface area contributed by atoms with E-state index in [1.807, 2.05) is 18.2 Å². The SMILES string of the molecule is CC(=O)N[C@H](CCCNC(=N)N)C(=O)N[C@H](C(=O)N[C@@H](CCCNC(=N)N)C(=O)c1nc2ccccc2s1)c1ccccc1. The van der Waals surface area contributed by atoms with E-state index < -0.39 is 35.8 Å². The third-order valence-corrected chi connectivity index (χ3v) is 7.53. The summed E-state index contributed by atoms with van der Waals surface area (Å²) in [4.78, 5) is 57.2. The van der Waals surface area contributed by atoms with Crippen molar-refractivity contribution in [2.75, 3.05) is 13.1 Å². The molecule has 11 N–H and O–H groups in total. The Bertz CT molecular complexity index is 1450. The summed E-state index contributed by atoms with van der Waals surface area (Å²) in [6.45, 7) is 1.91. The zero-order valence-corrected chi connectivity index (χ0v) is 25.1. The van der Waals surface area contributed by atoms with Gasteiger partial charge in [-0.15, -0.1) is 11.3 Å². The molecule has 15 heteroatoms. The highest BCUT2D eigenvalue weighted by Crippen LogP contribution is 2.24. The van der Waals surface area contributed by atoms with Crippen molar-refractivity contribution in [3.8, 4) is 0 Å². The number of nitrogens with zero attached hydrogens (tertiary/aromatic N) is 1. The Morgan fingerprint density at radius 1 is 0.795 bits per heavy atom. The Balaban J connectivity index is 1.83. The predicted molar refractivity (Wildman–Crippen MR) is 169 cm³/mol. The molecule has 1 heterocycles. The first-order chi connectivity index (χ1) is 21.0. The van der Waals surface area contributed by atoms with Gasteiger partial charge >= 0.3 is 0 Å². The van der Waals surface area contributed by atoms with Gasteiger partial charge in [-0.1, -0.05) is 42.5 Å². The highest BCUT2D eigenvalue weighted by Gasteiger charge is 2.31. The number of carbonyl (C=O) groups excluding carboxylic acids is 4. The minimum Gasteiger partial charge on any atom is -0.370 e. The van der Waals surface area contributed by atoms with E-state index >= 15 is 0 Å². The molecular weight excluding hydrogens is 584 g/mol. The molecule has 0 spiro atoms. The van der Waals surface area contributed by atoms with E-state index in [-0.39, 0.29) is 35.6 Å². The van der Waals surface area contributed by atoms with Crippen molar-refractivity contribution in [2.24, 2.45) is 11.5 Å². The summed E-state index contributed by atoms with van der Waals surface area (Å²) in [6, 6.07) is 12.8. The van der Waals surface area contributed by atoms with E-state index in [9.17, 15) is 19.2 Å². The maximum Gasteiger partial charge on any atom is 0.247 e. The maximum absolute atomic E-state index is 13.8. The molecule has 3 rings (SSSR count). The van der Waals surface area contributed by atoms with Crippen LogP contribution in [0.5, 0.6) is 0 Å². The minimum atomic E-state index is -1.18. The smallest absolute Gasteiger partial charge is 0.247 e. The first kappa shape index (κ1) is 33.5. The molecule has 3 aromatic rings. The first-order valence-electron chi connectivity index (χ1n) is 14.0. The van der Waals surface area contributed by atoms with Gasteiger partial charge in [-0.2, -0.15) is 0 Å². The van der Waals surface area contributed by atoms with Crippen molar-refractivity contribution in [1.82, 2.24) is 31.6 Å². The van der Waals surface area contributed by atoms with Gasteiger partial charge in [0.15, 0.2) is 16.9 Å². The Labute approximate surface area is 258 Å². The summed E-state index contributed by atoms with van der Waals surface area (Å²) in [7, 11) is 0. The predicted octanol–water partition coefficient (Wildman–Crippen LogP) is 0.853. The lowest BCUT2D eigenvalue weighted by atomic mass is 10.0. The molecule has 0 bridgehead atoms. The second kappa shape index (κ2) is 16.6. The van der Waals surface area contributed by atoms with Crippen LogP contribution in [0.3, 0.4) is 0 Å². The summed E-state index contributed by atoms with van der Waals surface area (Å²) in [6.07, 6.45) is 1.25. The van der Waals surface area contributed by atoms with Crippen molar-refractivity contribution >= 4 is 57.0 Å². The fourth-order valence-corrected chi connectivity index (χ4v) is 5.37. The van der Waals surface area contributed by atoms with Crippen molar-refractivity contribution < 1.29 is 19.2 Å². The van der Waals surface area contributed by atoms with E-state index in [2.05, 4.69) is 31.6 Å². The molecule has 0 aliphatic carbocycles. The van der Waals surface area contributed by atoms with Crippen LogP contribution >= 0.6 is 11.3 Å². The number of carbonyl (C=O) groups is 4. The number of nitrogens with one attached hydrogen (secondary N) is 7. The third kappa shape index (κ3) is 10.3. The monoisotopic (exact) mass is 622 g/mol. The van der Waals surface area contributed by atoms with Gasteiger partial charge in [0.2, 0.25) is 23.5 Å². The number of amides is 3. The number of thiazole rings is 1. The average Bonchev–Trinajstić information content (AvgIpc) is 3.43. The van der Waals surface area contributed by atoms with E-state index in [4.69, 9.17) is 22.3 Å². The van der Waals surface area contributed by atoms with Crippen LogP contribution in [0, 0.1) is 10.8 Å². The summed E-state index contributed by atoms with van der Waals surface area (Å²) >= 11 is 1.22. The van der Waals surface area contributed by atoms with Crippen LogP contribution in [0.2, 0.25) is 0 Å². The molecule has 0 unspecified atom stereocenters. The number of hydrogen-bond donors (Lipinski definition) is 9. The van der Waals surface area contributed by atoms with Crippen LogP contribution in [-0.2, 0) is 14.4 Å². The molecule has 0 aliphatic heterocycles. The van der Waals surface area contributed by atoms with Gasteiger partial charge < -0.3 is 38.1 Å². The van der Waals surface area contributed by atoms with Crippen LogP contribution < -0.4 is 38.1 Å². The minimum absolute atomic E-state index is 0.208. The van der Waals surface area contributed by atoms with Crippen molar-refractivity contribution in [2.45, 2.75) is 50.7 Å². The fourth-order valence-electron chi connectivity index (χ4n) is 4.41.